The van der Waals surface area contributed by atoms with E-state index in [1.54, 1.807) is 6.20 Å². The maximum atomic E-state index is 11.1. The molecule has 0 radical (unpaired) electrons. The SMILES string of the molecule is C=C(Cc1ncc(-c2ccccc2)nc1Cc1ccccc1)C(=O)O. The van der Waals surface area contributed by atoms with Crippen molar-refractivity contribution in [3.63, 3.8) is 0 Å². The number of carbonyl (C=O) groups is 1. The number of carboxylic acids is 1. The van der Waals surface area contributed by atoms with E-state index in [4.69, 9.17) is 10.1 Å². The van der Waals surface area contributed by atoms with E-state index in [1.165, 1.54) is 0 Å². The normalized spacial score (nSPS) is 10.4. The lowest BCUT2D eigenvalue weighted by Crippen LogP contribution is -2.09. The van der Waals surface area contributed by atoms with Crippen LogP contribution in [0, 0.1) is 0 Å². The van der Waals surface area contributed by atoms with Crippen LogP contribution >= 0.6 is 0 Å². The molecule has 0 aliphatic carbocycles. The van der Waals surface area contributed by atoms with Crippen LogP contribution in [0.1, 0.15) is 17.0 Å². The molecule has 0 atom stereocenters. The number of hydrogen-bond acceptors (Lipinski definition) is 3. The highest BCUT2D eigenvalue weighted by atomic mass is 16.4. The summed E-state index contributed by atoms with van der Waals surface area (Å²) in [6.45, 7) is 3.61. The highest BCUT2D eigenvalue weighted by Crippen LogP contribution is 2.20. The Morgan fingerprint density at radius 2 is 1.60 bits per heavy atom. The average molecular weight is 330 g/mol. The first-order valence-corrected chi connectivity index (χ1v) is 7.98. The molecule has 25 heavy (non-hydrogen) atoms. The first kappa shape index (κ1) is 16.6. The molecule has 4 nitrogen and oxygen atoms in total. The summed E-state index contributed by atoms with van der Waals surface area (Å²) in [6.07, 6.45) is 2.46. The van der Waals surface area contributed by atoms with E-state index in [9.17, 15) is 4.79 Å². The maximum absolute atomic E-state index is 11.1. The van der Waals surface area contributed by atoms with Crippen LogP contribution in [0.4, 0.5) is 0 Å². The monoisotopic (exact) mass is 330 g/mol. The second kappa shape index (κ2) is 7.53. The van der Waals surface area contributed by atoms with E-state index in [0.717, 1.165) is 22.5 Å². The molecule has 1 N–H and O–H groups in total. The Morgan fingerprint density at radius 1 is 0.960 bits per heavy atom. The van der Waals surface area contributed by atoms with Gasteiger partial charge >= 0.3 is 5.97 Å². The third kappa shape index (κ3) is 4.18. The summed E-state index contributed by atoms with van der Waals surface area (Å²) in [6, 6.07) is 19.8. The highest BCUT2D eigenvalue weighted by molar-refractivity contribution is 5.86. The molecule has 0 saturated heterocycles. The quantitative estimate of drug-likeness (QED) is 0.696. The third-order valence-corrected chi connectivity index (χ3v) is 3.90. The minimum atomic E-state index is -1.01. The Morgan fingerprint density at radius 3 is 2.24 bits per heavy atom. The lowest BCUT2D eigenvalue weighted by molar-refractivity contribution is -0.132. The summed E-state index contributed by atoms with van der Waals surface area (Å²) in [7, 11) is 0. The van der Waals surface area contributed by atoms with Crippen LogP contribution in [-0.4, -0.2) is 21.0 Å². The van der Waals surface area contributed by atoms with E-state index < -0.39 is 5.97 Å². The van der Waals surface area contributed by atoms with Gasteiger partial charge in [0.2, 0.25) is 0 Å². The van der Waals surface area contributed by atoms with Crippen molar-refractivity contribution in [2.24, 2.45) is 0 Å². The lowest BCUT2D eigenvalue weighted by atomic mass is 10.0. The van der Waals surface area contributed by atoms with Crippen molar-refractivity contribution in [3.05, 3.63) is 96.0 Å². The molecule has 3 rings (SSSR count). The van der Waals surface area contributed by atoms with Gasteiger partial charge in [-0.05, 0) is 5.56 Å². The summed E-state index contributed by atoms with van der Waals surface area (Å²) < 4.78 is 0. The average Bonchev–Trinajstić information content (AvgIpc) is 2.64. The van der Waals surface area contributed by atoms with Gasteiger partial charge in [-0.2, -0.15) is 0 Å². The first-order chi connectivity index (χ1) is 12.1. The van der Waals surface area contributed by atoms with Crippen molar-refractivity contribution in [1.82, 2.24) is 9.97 Å². The zero-order valence-electron chi connectivity index (χ0n) is 13.7. The van der Waals surface area contributed by atoms with Crippen molar-refractivity contribution in [1.29, 1.82) is 0 Å². The van der Waals surface area contributed by atoms with Crippen LogP contribution in [0.25, 0.3) is 11.3 Å². The molecular weight excluding hydrogens is 312 g/mol. The van der Waals surface area contributed by atoms with E-state index in [1.807, 2.05) is 60.7 Å². The van der Waals surface area contributed by atoms with Gasteiger partial charge in [0.25, 0.3) is 0 Å². The van der Waals surface area contributed by atoms with Gasteiger partial charge in [0, 0.05) is 24.0 Å². The molecule has 1 aromatic heterocycles. The van der Waals surface area contributed by atoms with Gasteiger partial charge in [0.05, 0.1) is 23.3 Å². The second-order valence-electron chi connectivity index (χ2n) is 5.76. The number of hydrogen-bond donors (Lipinski definition) is 1. The van der Waals surface area contributed by atoms with E-state index in [-0.39, 0.29) is 12.0 Å². The molecule has 0 aliphatic rings. The van der Waals surface area contributed by atoms with Crippen LogP contribution in [0.15, 0.2) is 79.0 Å². The fourth-order valence-corrected chi connectivity index (χ4v) is 2.56. The maximum Gasteiger partial charge on any atom is 0.331 e. The number of carboxylic acid groups (broad SMARTS) is 1. The van der Waals surface area contributed by atoms with Crippen molar-refractivity contribution >= 4 is 5.97 Å². The summed E-state index contributed by atoms with van der Waals surface area (Å²) >= 11 is 0. The molecule has 0 aliphatic heterocycles. The van der Waals surface area contributed by atoms with Crippen LogP contribution in [0.2, 0.25) is 0 Å². The molecule has 0 fully saturated rings. The zero-order chi connectivity index (χ0) is 17.6. The van der Waals surface area contributed by atoms with Crippen molar-refractivity contribution < 1.29 is 9.90 Å². The topological polar surface area (TPSA) is 63.1 Å². The smallest absolute Gasteiger partial charge is 0.331 e. The number of aromatic nitrogens is 2. The molecular formula is C21H18N2O2. The summed E-state index contributed by atoms with van der Waals surface area (Å²) in [5.74, 6) is -1.01. The summed E-state index contributed by atoms with van der Waals surface area (Å²) in [4.78, 5) is 20.4. The van der Waals surface area contributed by atoms with Gasteiger partial charge in [0.15, 0.2) is 0 Å². The molecule has 4 heteroatoms. The molecule has 3 aromatic rings. The minimum Gasteiger partial charge on any atom is -0.478 e. The number of aliphatic carboxylic acids is 1. The van der Waals surface area contributed by atoms with E-state index >= 15 is 0 Å². The standard InChI is InChI=1S/C21H18N2O2/c1-15(21(24)25)12-18-19(13-16-8-4-2-5-9-16)23-20(14-22-18)17-10-6-3-7-11-17/h2-11,14H,1,12-13H2,(H,24,25). The van der Waals surface area contributed by atoms with Crippen molar-refractivity contribution in [2.45, 2.75) is 12.8 Å². The molecule has 0 unspecified atom stereocenters. The van der Waals surface area contributed by atoms with E-state index in [0.29, 0.717) is 12.1 Å². The Balaban J connectivity index is 1.99. The van der Waals surface area contributed by atoms with Gasteiger partial charge in [-0.3, -0.25) is 4.98 Å². The summed E-state index contributed by atoms with van der Waals surface area (Å²) in [5, 5.41) is 9.11. The lowest BCUT2D eigenvalue weighted by Gasteiger charge is -2.11. The molecule has 2 aromatic carbocycles. The predicted octanol–water partition coefficient (Wildman–Crippen LogP) is 3.92. The third-order valence-electron chi connectivity index (χ3n) is 3.90. The van der Waals surface area contributed by atoms with E-state index in [2.05, 4.69) is 11.6 Å². The zero-order valence-corrected chi connectivity index (χ0v) is 13.7. The highest BCUT2D eigenvalue weighted by Gasteiger charge is 2.14. The molecule has 0 spiro atoms. The number of benzene rings is 2. The predicted molar refractivity (Wildman–Crippen MR) is 97.2 cm³/mol. The van der Waals surface area contributed by atoms with Gasteiger partial charge in [-0.1, -0.05) is 67.2 Å². The van der Waals surface area contributed by atoms with Gasteiger partial charge in [0.1, 0.15) is 0 Å². The largest absolute Gasteiger partial charge is 0.478 e. The molecule has 1 heterocycles. The van der Waals surface area contributed by atoms with Gasteiger partial charge in [-0.15, -0.1) is 0 Å². The molecule has 124 valence electrons. The number of nitrogens with zero attached hydrogens (tertiary/aromatic N) is 2. The Hall–Kier alpha value is -3.27. The van der Waals surface area contributed by atoms with Crippen LogP contribution < -0.4 is 0 Å². The van der Waals surface area contributed by atoms with Crippen LogP contribution in [-0.2, 0) is 17.6 Å². The molecule has 0 amide bonds. The fraction of sp³-hybridized carbons (Fsp3) is 0.0952. The summed E-state index contributed by atoms with van der Waals surface area (Å²) in [5.41, 5.74) is 4.38. The van der Waals surface area contributed by atoms with Gasteiger partial charge < -0.3 is 5.11 Å². The Labute approximate surface area is 146 Å². The second-order valence-corrected chi connectivity index (χ2v) is 5.76. The first-order valence-electron chi connectivity index (χ1n) is 7.98. The fourth-order valence-electron chi connectivity index (χ4n) is 2.56. The van der Waals surface area contributed by atoms with Crippen LogP contribution in [0.5, 0.6) is 0 Å². The van der Waals surface area contributed by atoms with Crippen molar-refractivity contribution in [2.75, 3.05) is 0 Å². The van der Waals surface area contributed by atoms with Crippen molar-refractivity contribution in [3.8, 4) is 11.3 Å². The Bertz CT molecular complexity index is 890. The molecule has 0 saturated carbocycles. The number of rotatable bonds is 6. The van der Waals surface area contributed by atoms with Gasteiger partial charge in [-0.25, -0.2) is 9.78 Å². The minimum absolute atomic E-state index is 0.107. The van der Waals surface area contributed by atoms with Crippen LogP contribution in [0.3, 0.4) is 0 Å². The molecule has 0 bridgehead atoms. The Kier molecular flexibility index (Phi) is 5.00.